The molecule has 114 valence electrons. The van der Waals surface area contributed by atoms with E-state index in [0.717, 1.165) is 37.3 Å². The number of aliphatic hydroxyl groups is 2. The maximum atomic E-state index is 10.2. The molecule has 0 amide bonds. The zero-order valence-corrected chi connectivity index (χ0v) is 12.4. The van der Waals surface area contributed by atoms with E-state index in [0.29, 0.717) is 24.7 Å². The van der Waals surface area contributed by atoms with E-state index in [2.05, 4.69) is 10.00 Å². The lowest BCUT2D eigenvalue weighted by molar-refractivity contribution is 0.0657. The van der Waals surface area contributed by atoms with Crippen LogP contribution in [0, 0.1) is 19.8 Å². The van der Waals surface area contributed by atoms with Crippen molar-refractivity contribution in [2.75, 3.05) is 32.0 Å². The van der Waals surface area contributed by atoms with Crippen LogP contribution in [0.2, 0.25) is 0 Å². The number of β-amino-alcohol motifs (C(OH)–C–C–N with tert-alkyl or cyclic N) is 1. The van der Waals surface area contributed by atoms with Gasteiger partial charge in [-0.25, -0.2) is 0 Å². The molecule has 2 rings (SSSR count). The first-order chi connectivity index (χ1) is 9.51. The highest BCUT2D eigenvalue weighted by Gasteiger charge is 2.21. The van der Waals surface area contributed by atoms with E-state index in [-0.39, 0.29) is 6.61 Å². The summed E-state index contributed by atoms with van der Waals surface area (Å²) in [7, 11) is 0. The summed E-state index contributed by atoms with van der Waals surface area (Å²) in [6.45, 7) is 7.10. The van der Waals surface area contributed by atoms with Crippen molar-refractivity contribution in [2.24, 2.45) is 5.92 Å². The fourth-order valence-electron chi connectivity index (χ4n) is 2.80. The number of hydrogen-bond acceptors (Lipinski definition) is 5. The van der Waals surface area contributed by atoms with Gasteiger partial charge in [-0.3, -0.25) is 4.68 Å². The molecule has 0 aromatic carbocycles. The van der Waals surface area contributed by atoms with Crippen LogP contribution in [0.5, 0.6) is 0 Å². The topological polar surface area (TPSA) is 87.5 Å². The first kappa shape index (κ1) is 15.3. The third-order valence-electron chi connectivity index (χ3n) is 4.26. The van der Waals surface area contributed by atoms with Crippen molar-refractivity contribution in [1.29, 1.82) is 0 Å². The Morgan fingerprint density at radius 1 is 1.30 bits per heavy atom. The molecule has 6 nitrogen and oxygen atoms in total. The van der Waals surface area contributed by atoms with E-state index in [1.807, 2.05) is 13.8 Å². The molecule has 1 atom stereocenters. The predicted molar refractivity (Wildman–Crippen MR) is 78.4 cm³/mol. The molecule has 0 aliphatic carbocycles. The van der Waals surface area contributed by atoms with Crippen LogP contribution in [-0.4, -0.2) is 57.2 Å². The summed E-state index contributed by atoms with van der Waals surface area (Å²) < 4.78 is 1.79. The summed E-state index contributed by atoms with van der Waals surface area (Å²) in [5.74, 6) is 0.430. The van der Waals surface area contributed by atoms with Crippen LogP contribution in [0.4, 0.5) is 5.69 Å². The highest BCUT2D eigenvalue weighted by molar-refractivity contribution is 5.46. The third kappa shape index (κ3) is 3.50. The number of aliphatic hydroxyl groups excluding tert-OH is 2. The molecule has 20 heavy (non-hydrogen) atoms. The van der Waals surface area contributed by atoms with Gasteiger partial charge in [0.2, 0.25) is 0 Å². The Kier molecular flexibility index (Phi) is 5.01. The average Bonchev–Trinajstić information content (AvgIpc) is 2.67. The number of nitrogen functional groups attached to an aromatic ring is 1. The molecule has 4 N–H and O–H groups in total. The molecule has 1 fully saturated rings. The molecule has 1 aromatic heterocycles. The minimum atomic E-state index is -0.446. The molecule has 1 unspecified atom stereocenters. The van der Waals surface area contributed by atoms with E-state index in [1.165, 1.54) is 0 Å². The molecule has 0 bridgehead atoms. The Balaban J connectivity index is 1.83. The molecule has 0 saturated carbocycles. The SMILES string of the molecule is Cc1nn(CC(O)CN2CCC(CO)CC2)c(C)c1N. The highest BCUT2D eigenvalue weighted by atomic mass is 16.3. The van der Waals surface area contributed by atoms with Gasteiger partial charge in [0.05, 0.1) is 29.7 Å². The maximum Gasteiger partial charge on any atom is 0.0862 e. The molecule has 0 radical (unpaired) electrons. The van der Waals surface area contributed by atoms with Crippen molar-refractivity contribution in [3.63, 3.8) is 0 Å². The highest BCUT2D eigenvalue weighted by Crippen LogP contribution is 2.18. The van der Waals surface area contributed by atoms with Crippen molar-refractivity contribution < 1.29 is 10.2 Å². The third-order valence-corrected chi connectivity index (χ3v) is 4.26. The predicted octanol–water partition coefficient (Wildman–Crippen LogP) is 0.147. The van der Waals surface area contributed by atoms with Gasteiger partial charge < -0.3 is 20.8 Å². The number of aromatic nitrogens is 2. The van der Waals surface area contributed by atoms with E-state index in [9.17, 15) is 5.11 Å². The molecule has 1 saturated heterocycles. The van der Waals surface area contributed by atoms with Crippen molar-refractivity contribution in [1.82, 2.24) is 14.7 Å². The molecule has 1 aliphatic heterocycles. The van der Waals surface area contributed by atoms with E-state index in [4.69, 9.17) is 10.8 Å². The van der Waals surface area contributed by atoms with Gasteiger partial charge in [0, 0.05) is 13.2 Å². The minimum absolute atomic E-state index is 0.279. The van der Waals surface area contributed by atoms with Gasteiger partial charge in [-0.15, -0.1) is 0 Å². The van der Waals surface area contributed by atoms with Gasteiger partial charge in [0.25, 0.3) is 0 Å². The molecular formula is C14H26N4O2. The van der Waals surface area contributed by atoms with Gasteiger partial charge in [0.1, 0.15) is 0 Å². The lowest BCUT2D eigenvalue weighted by Crippen LogP contribution is -2.40. The van der Waals surface area contributed by atoms with Crippen molar-refractivity contribution in [3.05, 3.63) is 11.4 Å². The molecule has 1 aromatic rings. The Morgan fingerprint density at radius 2 is 1.95 bits per heavy atom. The lowest BCUT2D eigenvalue weighted by Gasteiger charge is -2.32. The number of likely N-dealkylation sites (tertiary alicyclic amines) is 1. The summed E-state index contributed by atoms with van der Waals surface area (Å²) in [6, 6.07) is 0. The fraction of sp³-hybridized carbons (Fsp3) is 0.786. The number of nitrogens with two attached hydrogens (primary N) is 1. The number of rotatable bonds is 5. The number of nitrogens with zero attached hydrogens (tertiary/aromatic N) is 3. The van der Waals surface area contributed by atoms with Gasteiger partial charge in [-0.05, 0) is 45.7 Å². The van der Waals surface area contributed by atoms with Crippen LogP contribution in [0.1, 0.15) is 24.2 Å². The van der Waals surface area contributed by atoms with Crippen LogP contribution in [0.15, 0.2) is 0 Å². The Hall–Kier alpha value is -1.11. The molecule has 2 heterocycles. The maximum absolute atomic E-state index is 10.2. The molecule has 0 spiro atoms. The number of anilines is 1. The standard InChI is InChI=1S/C14H26N4O2/c1-10-14(15)11(2)18(16-10)8-13(20)7-17-5-3-12(9-19)4-6-17/h12-13,19-20H,3-9,15H2,1-2H3. The van der Waals surface area contributed by atoms with Gasteiger partial charge in [-0.2, -0.15) is 5.10 Å². The van der Waals surface area contributed by atoms with Gasteiger partial charge in [-0.1, -0.05) is 0 Å². The smallest absolute Gasteiger partial charge is 0.0862 e. The molecule has 6 heteroatoms. The van der Waals surface area contributed by atoms with Crippen molar-refractivity contribution in [3.8, 4) is 0 Å². The Morgan fingerprint density at radius 3 is 2.45 bits per heavy atom. The first-order valence-corrected chi connectivity index (χ1v) is 7.32. The van der Waals surface area contributed by atoms with Gasteiger partial charge >= 0.3 is 0 Å². The minimum Gasteiger partial charge on any atom is -0.396 e. The summed E-state index contributed by atoms with van der Waals surface area (Å²) in [5, 5.41) is 23.7. The zero-order chi connectivity index (χ0) is 14.7. The van der Waals surface area contributed by atoms with E-state index < -0.39 is 6.10 Å². The van der Waals surface area contributed by atoms with Crippen LogP contribution in [0.25, 0.3) is 0 Å². The second kappa shape index (κ2) is 6.56. The second-order valence-electron chi connectivity index (χ2n) is 5.85. The summed E-state index contributed by atoms with van der Waals surface area (Å²) in [4.78, 5) is 2.26. The number of aryl methyl sites for hydroxylation is 1. The average molecular weight is 282 g/mol. The first-order valence-electron chi connectivity index (χ1n) is 7.32. The zero-order valence-electron chi connectivity index (χ0n) is 12.4. The second-order valence-corrected chi connectivity index (χ2v) is 5.85. The normalized spacial score (nSPS) is 19.4. The lowest BCUT2D eigenvalue weighted by atomic mass is 9.98. The van der Waals surface area contributed by atoms with Crippen LogP contribution in [0.3, 0.4) is 0 Å². The molecular weight excluding hydrogens is 256 g/mol. The summed E-state index contributed by atoms with van der Waals surface area (Å²) in [5.41, 5.74) is 8.34. The van der Waals surface area contributed by atoms with Crippen LogP contribution < -0.4 is 5.73 Å². The Labute approximate surface area is 120 Å². The molecule has 1 aliphatic rings. The van der Waals surface area contributed by atoms with E-state index >= 15 is 0 Å². The van der Waals surface area contributed by atoms with E-state index in [1.54, 1.807) is 4.68 Å². The summed E-state index contributed by atoms with van der Waals surface area (Å²) >= 11 is 0. The van der Waals surface area contributed by atoms with Gasteiger partial charge in [0.15, 0.2) is 0 Å². The van der Waals surface area contributed by atoms with Crippen LogP contribution in [-0.2, 0) is 6.54 Å². The summed E-state index contributed by atoms with van der Waals surface area (Å²) in [6.07, 6.45) is 1.57. The van der Waals surface area contributed by atoms with Crippen molar-refractivity contribution >= 4 is 5.69 Å². The monoisotopic (exact) mass is 282 g/mol. The Bertz CT molecular complexity index is 439. The fourth-order valence-corrected chi connectivity index (χ4v) is 2.80. The number of piperidine rings is 1. The van der Waals surface area contributed by atoms with Crippen LogP contribution >= 0.6 is 0 Å². The largest absolute Gasteiger partial charge is 0.396 e. The number of hydrogen-bond donors (Lipinski definition) is 3. The quantitative estimate of drug-likeness (QED) is 0.715. The van der Waals surface area contributed by atoms with Crippen molar-refractivity contribution in [2.45, 2.75) is 39.3 Å².